The molecular formula is C14H17NOS. The fourth-order valence-corrected chi connectivity index (χ4v) is 2.61. The van der Waals surface area contributed by atoms with Gasteiger partial charge in [-0.15, -0.1) is 11.3 Å². The lowest BCUT2D eigenvalue weighted by molar-refractivity contribution is 0.461. The van der Waals surface area contributed by atoms with Crippen molar-refractivity contribution in [3.05, 3.63) is 51.7 Å². The first kappa shape index (κ1) is 12.1. The molecule has 0 bridgehead atoms. The highest BCUT2D eigenvalue weighted by atomic mass is 32.1. The Kier molecular flexibility index (Phi) is 3.82. The quantitative estimate of drug-likeness (QED) is 0.865. The van der Waals surface area contributed by atoms with Crippen LogP contribution in [0.1, 0.15) is 28.3 Å². The van der Waals surface area contributed by atoms with Gasteiger partial charge in [0.05, 0.1) is 0 Å². The van der Waals surface area contributed by atoms with Crippen molar-refractivity contribution in [3.63, 3.8) is 0 Å². The Balaban J connectivity index is 1.97. The Labute approximate surface area is 106 Å². The smallest absolute Gasteiger partial charge is 0.120 e. The average Bonchev–Trinajstić information content (AvgIpc) is 2.74. The van der Waals surface area contributed by atoms with Crippen LogP contribution in [-0.2, 0) is 6.54 Å². The third-order valence-electron chi connectivity index (χ3n) is 2.78. The van der Waals surface area contributed by atoms with Crippen molar-refractivity contribution in [3.8, 4) is 5.75 Å². The minimum Gasteiger partial charge on any atom is -0.508 e. The number of hydrogen-bond donors (Lipinski definition) is 2. The fourth-order valence-electron chi connectivity index (χ4n) is 1.71. The van der Waals surface area contributed by atoms with E-state index in [1.807, 2.05) is 29.5 Å². The van der Waals surface area contributed by atoms with Gasteiger partial charge in [0.1, 0.15) is 5.75 Å². The predicted molar refractivity (Wildman–Crippen MR) is 72.4 cm³/mol. The average molecular weight is 247 g/mol. The van der Waals surface area contributed by atoms with Gasteiger partial charge in [0.25, 0.3) is 0 Å². The zero-order valence-corrected chi connectivity index (χ0v) is 10.9. The largest absolute Gasteiger partial charge is 0.508 e. The highest BCUT2D eigenvalue weighted by Crippen LogP contribution is 2.23. The number of nitrogens with one attached hydrogen (secondary N) is 1. The van der Waals surface area contributed by atoms with Crippen LogP contribution < -0.4 is 5.32 Å². The molecule has 0 radical (unpaired) electrons. The summed E-state index contributed by atoms with van der Waals surface area (Å²) < 4.78 is 0. The molecule has 1 aromatic carbocycles. The van der Waals surface area contributed by atoms with Crippen LogP contribution in [0.15, 0.2) is 36.4 Å². The molecule has 17 heavy (non-hydrogen) atoms. The van der Waals surface area contributed by atoms with Gasteiger partial charge in [-0.1, -0.05) is 18.2 Å². The van der Waals surface area contributed by atoms with Crippen LogP contribution in [0.3, 0.4) is 0 Å². The molecule has 0 saturated heterocycles. The molecular weight excluding hydrogens is 230 g/mol. The van der Waals surface area contributed by atoms with Gasteiger partial charge < -0.3 is 10.4 Å². The number of hydrogen-bond acceptors (Lipinski definition) is 3. The highest BCUT2D eigenvalue weighted by Gasteiger charge is 2.08. The number of aryl methyl sites for hydroxylation is 1. The van der Waals surface area contributed by atoms with Gasteiger partial charge in [-0.25, -0.2) is 0 Å². The summed E-state index contributed by atoms with van der Waals surface area (Å²) in [5.74, 6) is 0.356. The van der Waals surface area contributed by atoms with Crippen LogP contribution in [0.5, 0.6) is 5.75 Å². The molecule has 0 saturated carbocycles. The second-order valence-corrected chi connectivity index (χ2v) is 5.50. The molecule has 0 fully saturated rings. The maximum atomic E-state index is 9.66. The van der Waals surface area contributed by atoms with Crippen molar-refractivity contribution in [2.45, 2.75) is 26.4 Å². The van der Waals surface area contributed by atoms with E-state index in [1.54, 1.807) is 6.07 Å². The van der Waals surface area contributed by atoms with Crippen molar-refractivity contribution in [1.29, 1.82) is 0 Å². The molecule has 0 aliphatic rings. The molecule has 1 unspecified atom stereocenters. The van der Waals surface area contributed by atoms with E-state index in [0.717, 1.165) is 5.56 Å². The molecule has 1 aromatic heterocycles. The molecule has 0 amide bonds. The second-order valence-electron chi connectivity index (χ2n) is 4.18. The van der Waals surface area contributed by atoms with E-state index >= 15 is 0 Å². The molecule has 1 heterocycles. The number of aromatic hydroxyl groups is 1. The van der Waals surface area contributed by atoms with Gasteiger partial charge in [-0.2, -0.15) is 0 Å². The summed E-state index contributed by atoms with van der Waals surface area (Å²) in [5, 5.41) is 13.1. The van der Waals surface area contributed by atoms with Gasteiger partial charge in [0, 0.05) is 27.9 Å². The predicted octanol–water partition coefficient (Wildman–Crippen LogP) is 3.61. The van der Waals surface area contributed by atoms with E-state index in [4.69, 9.17) is 0 Å². The van der Waals surface area contributed by atoms with Crippen LogP contribution in [-0.4, -0.2) is 5.11 Å². The van der Waals surface area contributed by atoms with Crippen LogP contribution in [0, 0.1) is 6.92 Å². The SMILES string of the molecule is Cc1ccc(C(C)NCc2ccccc2O)s1. The summed E-state index contributed by atoms with van der Waals surface area (Å²) >= 11 is 1.81. The molecule has 0 spiro atoms. The Morgan fingerprint density at radius 3 is 2.65 bits per heavy atom. The minimum atomic E-state index is 0.313. The summed E-state index contributed by atoms with van der Waals surface area (Å²) in [4.78, 5) is 2.66. The van der Waals surface area contributed by atoms with E-state index in [-0.39, 0.29) is 0 Å². The molecule has 90 valence electrons. The molecule has 0 aliphatic carbocycles. The van der Waals surface area contributed by atoms with Gasteiger partial charge in [-0.3, -0.25) is 0 Å². The van der Waals surface area contributed by atoms with Gasteiger partial charge in [0.15, 0.2) is 0 Å². The lowest BCUT2D eigenvalue weighted by Crippen LogP contribution is -2.17. The molecule has 3 heteroatoms. The van der Waals surface area contributed by atoms with E-state index < -0.39 is 0 Å². The Morgan fingerprint density at radius 1 is 1.24 bits per heavy atom. The molecule has 0 aliphatic heterocycles. The zero-order chi connectivity index (χ0) is 12.3. The Bertz CT molecular complexity index is 492. The first-order valence-electron chi connectivity index (χ1n) is 5.73. The highest BCUT2D eigenvalue weighted by molar-refractivity contribution is 7.12. The Morgan fingerprint density at radius 2 is 2.00 bits per heavy atom. The third kappa shape index (κ3) is 3.08. The third-order valence-corrected chi connectivity index (χ3v) is 3.96. The number of thiophene rings is 1. The summed E-state index contributed by atoms with van der Waals surface area (Å²) in [6, 6.07) is 12.0. The second kappa shape index (κ2) is 5.34. The molecule has 1 atom stereocenters. The summed E-state index contributed by atoms with van der Waals surface area (Å²) in [6.45, 7) is 4.94. The number of phenolic OH excluding ortho intramolecular Hbond substituents is 1. The van der Waals surface area contributed by atoms with E-state index in [0.29, 0.717) is 18.3 Å². The summed E-state index contributed by atoms with van der Waals surface area (Å²) in [6.07, 6.45) is 0. The van der Waals surface area contributed by atoms with E-state index in [1.165, 1.54) is 9.75 Å². The van der Waals surface area contributed by atoms with Gasteiger partial charge >= 0.3 is 0 Å². The number of benzene rings is 1. The van der Waals surface area contributed by atoms with Crippen LogP contribution in [0.25, 0.3) is 0 Å². The zero-order valence-electron chi connectivity index (χ0n) is 10.1. The Hall–Kier alpha value is -1.32. The molecule has 2 rings (SSSR count). The monoisotopic (exact) mass is 247 g/mol. The van der Waals surface area contributed by atoms with Crippen LogP contribution in [0.4, 0.5) is 0 Å². The van der Waals surface area contributed by atoms with Crippen molar-refractivity contribution < 1.29 is 5.11 Å². The van der Waals surface area contributed by atoms with E-state index in [9.17, 15) is 5.11 Å². The normalized spacial score (nSPS) is 12.6. The maximum absolute atomic E-state index is 9.66. The van der Waals surface area contributed by atoms with Crippen molar-refractivity contribution in [1.82, 2.24) is 5.32 Å². The van der Waals surface area contributed by atoms with Crippen LogP contribution >= 0.6 is 11.3 Å². The van der Waals surface area contributed by atoms with Gasteiger partial charge in [-0.05, 0) is 32.0 Å². The van der Waals surface area contributed by atoms with E-state index in [2.05, 4.69) is 31.3 Å². The lowest BCUT2D eigenvalue weighted by atomic mass is 10.2. The lowest BCUT2D eigenvalue weighted by Gasteiger charge is -2.12. The summed E-state index contributed by atoms with van der Waals surface area (Å²) in [5.41, 5.74) is 0.938. The number of rotatable bonds is 4. The fraction of sp³-hybridized carbons (Fsp3) is 0.286. The van der Waals surface area contributed by atoms with Crippen molar-refractivity contribution in [2.75, 3.05) is 0 Å². The first-order chi connectivity index (χ1) is 8.16. The number of para-hydroxylation sites is 1. The van der Waals surface area contributed by atoms with Crippen molar-refractivity contribution in [2.24, 2.45) is 0 Å². The van der Waals surface area contributed by atoms with Crippen molar-refractivity contribution >= 4 is 11.3 Å². The van der Waals surface area contributed by atoms with Crippen LogP contribution in [0.2, 0.25) is 0 Å². The number of phenols is 1. The maximum Gasteiger partial charge on any atom is 0.120 e. The topological polar surface area (TPSA) is 32.3 Å². The molecule has 2 nitrogen and oxygen atoms in total. The minimum absolute atomic E-state index is 0.313. The summed E-state index contributed by atoms with van der Waals surface area (Å²) in [7, 11) is 0. The van der Waals surface area contributed by atoms with Gasteiger partial charge in [0.2, 0.25) is 0 Å². The molecule has 2 N–H and O–H groups in total. The standard InChI is InChI=1S/C14H17NOS/c1-10-7-8-14(17-10)11(2)15-9-12-5-3-4-6-13(12)16/h3-8,11,15-16H,9H2,1-2H3. The molecule has 2 aromatic rings. The first-order valence-corrected chi connectivity index (χ1v) is 6.55.